The molecule has 1 aromatic carbocycles. The minimum Gasteiger partial charge on any atom is -0.387 e. The molecule has 0 saturated carbocycles. The Morgan fingerprint density at radius 1 is 1.12 bits per heavy atom. The molecule has 1 atom stereocenters. The number of aryl methyl sites for hydroxylation is 1. The molecule has 3 aromatic rings. The van der Waals surface area contributed by atoms with Crippen LogP contribution in [0.3, 0.4) is 0 Å². The monoisotopic (exact) mass is 351 g/mol. The summed E-state index contributed by atoms with van der Waals surface area (Å²) in [6, 6.07) is 8.31. The van der Waals surface area contributed by atoms with Crippen LogP contribution in [0.4, 0.5) is 5.82 Å². The number of benzene rings is 1. The standard InChI is InChI=1S/C20H25N5O/c1-2-24-14-17(16-5-3-4-6-18(16)24)19(26)15-23-9-11-25(12-10-23)20-13-21-7-8-22-20/h3-8,13-14,19,26H,2,9-12,15H2,1H3/t19-/m0/s1. The Hall–Kier alpha value is -2.44. The highest BCUT2D eigenvalue weighted by Crippen LogP contribution is 2.27. The zero-order valence-corrected chi connectivity index (χ0v) is 15.1. The highest BCUT2D eigenvalue weighted by molar-refractivity contribution is 5.84. The fraction of sp³-hybridized carbons (Fsp3) is 0.400. The van der Waals surface area contributed by atoms with Crippen LogP contribution in [0.5, 0.6) is 0 Å². The molecule has 1 aliphatic heterocycles. The maximum absolute atomic E-state index is 10.9. The summed E-state index contributed by atoms with van der Waals surface area (Å²) in [4.78, 5) is 13.1. The van der Waals surface area contributed by atoms with E-state index in [-0.39, 0.29) is 0 Å². The van der Waals surface area contributed by atoms with Crippen molar-refractivity contribution in [3.8, 4) is 0 Å². The lowest BCUT2D eigenvalue weighted by Gasteiger charge is -2.36. The number of para-hydroxylation sites is 1. The first-order chi connectivity index (χ1) is 12.8. The molecular formula is C20H25N5O. The predicted molar refractivity (Wildman–Crippen MR) is 103 cm³/mol. The van der Waals surface area contributed by atoms with Crippen molar-refractivity contribution in [2.45, 2.75) is 19.6 Å². The Morgan fingerprint density at radius 3 is 2.65 bits per heavy atom. The van der Waals surface area contributed by atoms with Crippen LogP contribution in [0, 0.1) is 0 Å². The van der Waals surface area contributed by atoms with Crippen LogP contribution in [0.25, 0.3) is 10.9 Å². The topological polar surface area (TPSA) is 57.4 Å². The molecule has 1 N–H and O–H groups in total. The maximum atomic E-state index is 10.9. The van der Waals surface area contributed by atoms with E-state index in [9.17, 15) is 5.11 Å². The third-order valence-corrected chi connectivity index (χ3v) is 5.20. The van der Waals surface area contributed by atoms with Gasteiger partial charge in [0.25, 0.3) is 0 Å². The second kappa shape index (κ2) is 7.43. The number of aliphatic hydroxyl groups excluding tert-OH is 1. The van der Waals surface area contributed by atoms with E-state index in [4.69, 9.17) is 0 Å². The second-order valence-corrected chi connectivity index (χ2v) is 6.75. The number of nitrogens with zero attached hydrogens (tertiary/aromatic N) is 5. The number of anilines is 1. The Balaban J connectivity index is 1.43. The molecule has 6 heteroatoms. The molecule has 0 bridgehead atoms. The van der Waals surface area contributed by atoms with E-state index < -0.39 is 6.10 Å². The second-order valence-electron chi connectivity index (χ2n) is 6.75. The van der Waals surface area contributed by atoms with Crippen LogP contribution in [0.2, 0.25) is 0 Å². The SMILES string of the molecule is CCn1cc([C@@H](O)CN2CCN(c3cnccn3)CC2)c2ccccc21. The molecule has 0 unspecified atom stereocenters. The van der Waals surface area contributed by atoms with E-state index in [1.54, 1.807) is 12.4 Å². The van der Waals surface area contributed by atoms with Crippen molar-refractivity contribution >= 4 is 16.7 Å². The summed E-state index contributed by atoms with van der Waals surface area (Å²) < 4.78 is 2.21. The third kappa shape index (κ3) is 3.30. The van der Waals surface area contributed by atoms with Crippen LogP contribution in [0.15, 0.2) is 49.1 Å². The van der Waals surface area contributed by atoms with Crippen molar-refractivity contribution < 1.29 is 5.11 Å². The van der Waals surface area contributed by atoms with Crippen LogP contribution in [-0.2, 0) is 6.54 Å². The summed E-state index contributed by atoms with van der Waals surface area (Å²) in [5, 5.41) is 12.0. The van der Waals surface area contributed by atoms with Crippen molar-refractivity contribution in [2.24, 2.45) is 0 Å². The van der Waals surface area contributed by atoms with E-state index in [2.05, 4.69) is 55.7 Å². The molecule has 1 saturated heterocycles. The molecule has 4 rings (SSSR count). The molecule has 0 aliphatic carbocycles. The van der Waals surface area contributed by atoms with E-state index in [1.165, 1.54) is 5.52 Å². The average molecular weight is 351 g/mol. The first-order valence-corrected chi connectivity index (χ1v) is 9.25. The molecule has 1 aliphatic rings. The van der Waals surface area contributed by atoms with Crippen LogP contribution >= 0.6 is 0 Å². The van der Waals surface area contributed by atoms with Crippen LogP contribution < -0.4 is 4.90 Å². The molecule has 6 nitrogen and oxygen atoms in total. The zero-order chi connectivity index (χ0) is 17.9. The van der Waals surface area contributed by atoms with Gasteiger partial charge in [-0.3, -0.25) is 9.88 Å². The van der Waals surface area contributed by atoms with Crippen molar-refractivity contribution in [1.82, 2.24) is 19.4 Å². The first kappa shape index (κ1) is 17.0. The highest BCUT2D eigenvalue weighted by atomic mass is 16.3. The lowest BCUT2D eigenvalue weighted by Crippen LogP contribution is -2.47. The van der Waals surface area contributed by atoms with Crippen LogP contribution in [0.1, 0.15) is 18.6 Å². The predicted octanol–water partition coefficient (Wildman–Crippen LogP) is 2.31. The van der Waals surface area contributed by atoms with Gasteiger partial charge in [0.15, 0.2) is 0 Å². The van der Waals surface area contributed by atoms with Gasteiger partial charge in [-0.1, -0.05) is 18.2 Å². The van der Waals surface area contributed by atoms with Gasteiger partial charge < -0.3 is 14.6 Å². The molecule has 26 heavy (non-hydrogen) atoms. The minimum atomic E-state index is -0.476. The average Bonchev–Trinajstić information content (AvgIpc) is 3.08. The number of fused-ring (bicyclic) bond motifs is 1. The van der Waals surface area contributed by atoms with Gasteiger partial charge >= 0.3 is 0 Å². The molecule has 0 radical (unpaired) electrons. The van der Waals surface area contributed by atoms with Gasteiger partial charge in [0.1, 0.15) is 5.82 Å². The number of rotatable bonds is 5. The first-order valence-electron chi connectivity index (χ1n) is 9.25. The van der Waals surface area contributed by atoms with Gasteiger partial charge in [-0.05, 0) is 13.0 Å². The number of hydrogen-bond donors (Lipinski definition) is 1. The number of hydrogen-bond acceptors (Lipinski definition) is 5. The maximum Gasteiger partial charge on any atom is 0.147 e. The van der Waals surface area contributed by atoms with Gasteiger partial charge in [0, 0.05) is 74.3 Å². The summed E-state index contributed by atoms with van der Waals surface area (Å²) in [5.74, 6) is 0.929. The summed E-state index contributed by atoms with van der Waals surface area (Å²) >= 11 is 0. The molecule has 0 amide bonds. The van der Waals surface area contributed by atoms with E-state index in [0.29, 0.717) is 6.54 Å². The molecule has 2 aromatic heterocycles. The smallest absolute Gasteiger partial charge is 0.147 e. The number of aromatic nitrogens is 3. The van der Waals surface area contributed by atoms with Crippen molar-refractivity contribution in [2.75, 3.05) is 37.6 Å². The fourth-order valence-corrected chi connectivity index (χ4v) is 3.76. The van der Waals surface area contributed by atoms with Gasteiger partial charge in [-0.15, -0.1) is 0 Å². The Bertz CT molecular complexity index is 855. The van der Waals surface area contributed by atoms with E-state index in [1.807, 2.05) is 12.3 Å². The number of piperazine rings is 1. The van der Waals surface area contributed by atoms with Gasteiger partial charge in [0.2, 0.25) is 0 Å². The lowest BCUT2D eigenvalue weighted by atomic mass is 10.1. The quantitative estimate of drug-likeness (QED) is 0.764. The van der Waals surface area contributed by atoms with Crippen molar-refractivity contribution in [1.29, 1.82) is 0 Å². The molecule has 0 spiro atoms. The Labute approximate surface area is 153 Å². The molecular weight excluding hydrogens is 326 g/mol. The molecule has 136 valence electrons. The Kier molecular flexibility index (Phi) is 4.86. The van der Waals surface area contributed by atoms with Gasteiger partial charge in [-0.2, -0.15) is 0 Å². The minimum absolute atomic E-state index is 0.476. The lowest BCUT2D eigenvalue weighted by molar-refractivity contribution is 0.110. The highest BCUT2D eigenvalue weighted by Gasteiger charge is 2.22. The number of aliphatic hydroxyl groups is 1. The van der Waals surface area contributed by atoms with Crippen LogP contribution in [-0.4, -0.2) is 57.3 Å². The molecule has 3 heterocycles. The fourth-order valence-electron chi connectivity index (χ4n) is 3.76. The number of β-amino-alcohol motifs (C(OH)–C–C–N with tert-alkyl or cyclic N) is 1. The van der Waals surface area contributed by atoms with Gasteiger partial charge in [0.05, 0.1) is 12.3 Å². The normalized spacial score (nSPS) is 16.9. The largest absolute Gasteiger partial charge is 0.387 e. The third-order valence-electron chi connectivity index (χ3n) is 5.20. The molecule has 1 fully saturated rings. The van der Waals surface area contributed by atoms with Gasteiger partial charge in [-0.25, -0.2) is 4.98 Å². The van der Waals surface area contributed by atoms with E-state index >= 15 is 0 Å². The summed E-state index contributed by atoms with van der Waals surface area (Å²) in [5.41, 5.74) is 2.22. The summed E-state index contributed by atoms with van der Waals surface area (Å²) in [7, 11) is 0. The van der Waals surface area contributed by atoms with E-state index in [0.717, 1.165) is 49.5 Å². The summed E-state index contributed by atoms with van der Waals surface area (Å²) in [6.45, 7) is 7.34. The summed E-state index contributed by atoms with van der Waals surface area (Å²) in [6.07, 6.45) is 6.86. The zero-order valence-electron chi connectivity index (χ0n) is 15.1. The van der Waals surface area contributed by atoms with Crippen molar-refractivity contribution in [3.05, 3.63) is 54.6 Å². The Morgan fingerprint density at radius 2 is 1.92 bits per heavy atom. The van der Waals surface area contributed by atoms with Crippen molar-refractivity contribution in [3.63, 3.8) is 0 Å².